The summed E-state index contributed by atoms with van der Waals surface area (Å²) in [5.74, 6) is 0. The Bertz CT molecular complexity index is 149. The second-order valence-electron chi connectivity index (χ2n) is 3.61. The average Bonchev–Trinajstić information content (AvgIpc) is 2.14. The molecule has 3 N–H and O–H groups in total. The molecule has 1 rings (SSSR count). The van der Waals surface area contributed by atoms with Crippen molar-refractivity contribution in [2.75, 3.05) is 7.11 Å². The van der Waals surface area contributed by atoms with Gasteiger partial charge in [0.1, 0.15) is 12.2 Å². The summed E-state index contributed by atoms with van der Waals surface area (Å²) >= 11 is 0. The molecule has 0 aliphatic heterocycles. The molecule has 1 fully saturated rings. The van der Waals surface area contributed by atoms with E-state index in [2.05, 4.69) is 0 Å². The summed E-state index contributed by atoms with van der Waals surface area (Å²) in [6.45, 7) is 0. The maximum absolute atomic E-state index is 9.58. The lowest BCUT2D eigenvalue weighted by molar-refractivity contribution is -0.124. The number of hydrogen-bond donors (Lipinski definition) is 3. The van der Waals surface area contributed by atoms with Crippen LogP contribution in [0.4, 0.5) is 0 Å². The summed E-state index contributed by atoms with van der Waals surface area (Å²) in [7, 11) is 1.51. The molecule has 0 heterocycles. The molecule has 0 radical (unpaired) electrons. The molecule has 0 spiro atoms. The second-order valence-corrected chi connectivity index (χ2v) is 3.61. The fraction of sp³-hybridized carbons (Fsp3) is 1.00. The standard InChI is InChI=1S/C9H18O4/c1-13-7-5-3-2-4-6(10)8(11)9(7)12/h6-12H,2-5H2,1H3/t6-,7-,8-,9-/m0/s1. The minimum Gasteiger partial charge on any atom is -0.390 e. The first kappa shape index (κ1) is 10.9. The van der Waals surface area contributed by atoms with E-state index in [4.69, 9.17) is 4.74 Å². The largest absolute Gasteiger partial charge is 0.390 e. The number of hydrogen-bond acceptors (Lipinski definition) is 4. The van der Waals surface area contributed by atoms with E-state index in [1.54, 1.807) is 0 Å². The number of rotatable bonds is 1. The van der Waals surface area contributed by atoms with Crippen molar-refractivity contribution in [1.82, 2.24) is 0 Å². The van der Waals surface area contributed by atoms with E-state index >= 15 is 0 Å². The zero-order chi connectivity index (χ0) is 9.84. The molecule has 13 heavy (non-hydrogen) atoms. The van der Waals surface area contributed by atoms with Crippen LogP contribution in [0.2, 0.25) is 0 Å². The van der Waals surface area contributed by atoms with Crippen molar-refractivity contribution in [3.8, 4) is 0 Å². The van der Waals surface area contributed by atoms with E-state index in [0.29, 0.717) is 6.42 Å². The third-order valence-corrected chi connectivity index (χ3v) is 2.67. The fourth-order valence-corrected chi connectivity index (χ4v) is 1.75. The first-order valence-electron chi connectivity index (χ1n) is 4.74. The highest BCUT2D eigenvalue weighted by Gasteiger charge is 2.32. The second kappa shape index (κ2) is 4.91. The van der Waals surface area contributed by atoms with Gasteiger partial charge in [0.05, 0.1) is 12.2 Å². The van der Waals surface area contributed by atoms with Crippen molar-refractivity contribution >= 4 is 0 Å². The summed E-state index contributed by atoms with van der Waals surface area (Å²) in [6, 6.07) is 0. The van der Waals surface area contributed by atoms with Gasteiger partial charge in [-0.3, -0.25) is 0 Å². The highest BCUT2D eigenvalue weighted by atomic mass is 16.5. The normalized spacial score (nSPS) is 42.5. The van der Waals surface area contributed by atoms with Gasteiger partial charge < -0.3 is 20.1 Å². The number of ether oxygens (including phenoxy) is 1. The number of aliphatic hydroxyl groups excluding tert-OH is 3. The van der Waals surface area contributed by atoms with E-state index < -0.39 is 18.3 Å². The minimum absolute atomic E-state index is 0.357. The first-order valence-corrected chi connectivity index (χ1v) is 4.74. The zero-order valence-corrected chi connectivity index (χ0v) is 7.89. The van der Waals surface area contributed by atoms with Crippen LogP contribution in [-0.4, -0.2) is 46.8 Å². The molecule has 0 saturated heterocycles. The predicted octanol–water partition coefficient (Wildman–Crippen LogP) is -0.342. The molecule has 1 aliphatic rings. The van der Waals surface area contributed by atoms with Gasteiger partial charge in [-0.05, 0) is 12.8 Å². The van der Waals surface area contributed by atoms with Crippen LogP contribution in [0, 0.1) is 0 Å². The Morgan fingerprint density at radius 2 is 1.62 bits per heavy atom. The lowest BCUT2D eigenvalue weighted by Crippen LogP contribution is -2.46. The van der Waals surface area contributed by atoms with Gasteiger partial charge in [0.2, 0.25) is 0 Å². The zero-order valence-electron chi connectivity index (χ0n) is 7.89. The van der Waals surface area contributed by atoms with Crippen molar-refractivity contribution in [3.05, 3.63) is 0 Å². The molecule has 0 aromatic rings. The number of methoxy groups -OCH3 is 1. The summed E-state index contributed by atoms with van der Waals surface area (Å²) < 4.78 is 5.04. The van der Waals surface area contributed by atoms with Gasteiger partial charge in [0.25, 0.3) is 0 Å². The van der Waals surface area contributed by atoms with Crippen molar-refractivity contribution < 1.29 is 20.1 Å². The molecular weight excluding hydrogens is 172 g/mol. The quantitative estimate of drug-likeness (QED) is 0.529. The van der Waals surface area contributed by atoms with Crippen LogP contribution in [0.15, 0.2) is 0 Å². The average molecular weight is 190 g/mol. The Kier molecular flexibility index (Phi) is 4.12. The molecular formula is C9H18O4. The van der Waals surface area contributed by atoms with E-state index in [1.807, 2.05) is 0 Å². The third-order valence-electron chi connectivity index (χ3n) is 2.67. The van der Waals surface area contributed by atoms with Crippen molar-refractivity contribution in [2.24, 2.45) is 0 Å². The van der Waals surface area contributed by atoms with Crippen LogP contribution in [0.1, 0.15) is 25.7 Å². The lowest BCUT2D eigenvalue weighted by Gasteiger charge is -2.31. The molecule has 0 bridgehead atoms. The van der Waals surface area contributed by atoms with E-state index in [9.17, 15) is 15.3 Å². The van der Waals surface area contributed by atoms with Gasteiger partial charge in [0.15, 0.2) is 0 Å². The summed E-state index contributed by atoms with van der Waals surface area (Å²) in [5.41, 5.74) is 0. The van der Waals surface area contributed by atoms with Crippen LogP contribution < -0.4 is 0 Å². The van der Waals surface area contributed by atoms with Crippen LogP contribution in [-0.2, 0) is 4.74 Å². The van der Waals surface area contributed by atoms with Crippen LogP contribution in [0.25, 0.3) is 0 Å². The monoisotopic (exact) mass is 190 g/mol. The molecule has 0 amide bonds. The van der Waals surface area contributed by atoms with Crippen molar-refractivity contribution in [2.45, 2.75) is 50.1 Å². The van der Waals surface area contributed by atoms with Crippen molar-refractivity contribution in [3.63, 3.8) is 0 Å². The molecule has 1 aliphatic carbocycles. The Labute approximate surface area is 78.1 Å². The van der Waals surface area contributed by atoms with Crippen LogP contribution in [0.5, 0.6) is 0 Å². The Morgan fingerprint density at radius 3 is 2.23 bits per heavy atom. The predicted molar refractivity (Wildman–Crippen MR) is 47.3 cm³/mol. The van der Waals surface area contributed by atoms with Gasteiger partial charge in [-0.2, -0.15) is 0 Å². The summed E-state index contributed by atoms with van der Waals surface area (Å²) in [6.07, 6.45) is -0.163. The Balaban J connectivity index is 2.58. The summed E-state index contributed by atoms with van der Waals surface area (Å²) in [4.78, 5) is 0. The SMILES string of the molecule is CO[C@H]1CCCC[C@H](O)[C@H](O)[C@H]1O. The van der Waals surface area contributed by atoms with Gasteiger partial charge in [-0.15, -0.1) is 0 Å². The molecule has 78 valence electrons. The molecule has 0 unspecified atom stereocenters. The molecule has 4 heteroatoms. The maximum Gasteiger partial charge on any atom is 0.108 e. The van der Waals surface area contributed by atoms with Gasteiger partial charge in [-0.1, -0.05) is 12.8 Å². The van der Waals surface area contributed by atoms with Gasteiger partial charge in [0, 0.05) is 7.11 Å². The summed E-state index contributed by atoms with van der Waals surface area (Å²) in [5, 5.41) is 28.5. The van der Waals surface area contributed by atoms with Crippen LogP contribution >= 0.6 is 0 Å². The molecule has 0 aromatic carbocycles. The third kappa shape index (κ3) is 2.64. The molecule has 0 aromatic heterocycles. The van der Waals surface area contributed by atoms with Gasteiger partial charge in [-0.25, -0.2) is 0 Å². The first-order chi connectivity index (χ1) is 6.16. The Morgan fingerprint density at radius 1 is 1.00 bits per heavy atom. The topological polar surface area (TPSA) is 69.9 Å². The van der Waals surface area contributed by atoms with Crippen LogP contribution in [0.3, 0.4) is 0 Å². The molecule has 4 atom stereocenters. The van der Waals surface area contributed by atoms with E-state index in [1.165, 1.54) is 7.11 Å². The highest BCUT2D eigenvalue weighted by Crippen LogP contribution is 2.20. The van der Waals surface area contributed by atoms with E-state index in [-0.39, 0.29) is 6.10 Å². The highest BCUT2D eigenvalue weighted by molar-refractivity contribution is 4.83. The maximum atomic E-state index is 9.58. The van der Waals surface area contributed by atoms with Crippen molar-refractivity contribution in [1.29, 1.82) is 0 Å². The molecule has 4 nitrogen and oxygen atoms in total. The smallest absolute Gasteiger partial charge is 0.108 e. The Hall–Kier alpha value is -0.160. The van der Waals surface area contributed by atoms with E-state index in [0.717, 1.165) is 19.3 Å². The minimum atomic E-state index is -1.08. The lowest BCUT2D eigenvalue weighted by atomic mass is 9.92. The number of aliphatic hydroxyl groups is 3. The van der Waals surface area contributed by atoms with Gasteiger partial charge >= 0.3 is 0 Å². The molecule has 1 saturated carbocycles. The fourth-order valence-electron chi connectivity index (χ4n) is 1.75.